The molecule has 8 nitrogen and oxygen atoms in total. The molecule has 0 radical (unpaired) electrons. The number of hydrogen-bond acceptors (Lipinski definition) is 8. The van der Waals surface area contributed by atoms with Crippen molar-refractivity contribution in [2.75, 3.05) is 37.4 Å². The topological polar surface area (TPSA) is 95.6 Å². The molecule has 32 heavy (non-hydrogen) atoms. The van der Waals surface area contributed by atoms with Crippen LogP contribution in [0.1, 0.15) is 34.8 Å². The number of nitrogens with one attached hydrogen (secondary N) is 3. The van der Waals surface area contributed by atoms with Crippen molar-refractivity contribution in [3.05, 3.63) is 26.2 Å². The van der Waals surface area contributed by atoms with Gasteiger partial charge in [-0.05, 0) is 30.9 Å². The van der Waals surface area contributed by atoms with Crippen molar-refractivity contribution in [2.45, 2.75) is 44.9 Å². The summed E-state index contributed by atoms with van der Waals surface area (Å²) in [6.07, 6.45) is 1.88. The maximum absolute atomic E-state index is 12.7. The number of methoxy groups -OCH3 is 1. The van der Waals surface area contributed by atoms with Crippen molar-refractivity contribution in [3.8, 4) is 0 Å². The van der Waals surface area contributed by atoms with Gasteiger partial charge in [-0.2, -0.15) is 0 Å². The lowest BCUT2D eigenvalue weighted by molar-refractivity contribution is -0.117. The number of thiazole rings is 1. The Labute approximate surface area is 200 Å². The van der Waals surface area contributed by atoms with E-state index >= 15 is 0 Å². The number of hydrogen-bond donors (Lipinski definition) is 3. The van der Waals surface area contributed by atoms with E-state index in [9.17, 15) is 9.59 Å². The molecule has 2 aliphatic heterocycles. The molecule has 0 bridgehead atoms. The first-order valence-electron chi connectivity index (χ1n) is 10.7. The lowest BCUT2D eigenvalue weighted by Crippen LogP contribution is -2.43. The molecule has 3 atom stereocenters. The molecule has 0 aliphatic carbocycles. The molecule has 2 aromatic rings. The van der Waals surface area contributed by atoms with Gasteiger partial charge in [0.1, 0.15) is 5.82 Å². The monoisotopic (exact) mass is 497 g/mol. The second-order valence-corrected chi connectivity index (χ2v) is 11.3. The van der Waals surface area contributed by atoms with E-state index in [-0.39, 0.29) is 30.5 Å². The summed E-state index contributed by atoms with van der Waals surface area (Å²) in [6, 6.07) is 3.62. The van der Waals surface area contributed by atoms with E-state index in [4.69, 9.17) is 16.3 Å². The van der Waals surface area contributed by atoms with Crippen LogP contribution in [0.5, 0.6) is 0 Å². The number of carbonyl (C=O) groups excluding carboxylic acids is 2. The van der Waals surface area contributed by atoms with E-state index < -0.39 is 0 Å². The first-order chi connectivity index (χ1) is 15.3. The maximum atomic E-state index is 12.7. The zero-order valence-electron chi connectivity index (χ0n) is 18.3. The minimum atomic E-state index is -0.203. The maximum Gasteiger partial charge on any atom is 0.261 e. The molecule has 2 amide bonds. The highest BCUT2D eigenvalue weighted by atomic mass is 35.5. The van der Waals surface area contributed by atoms with E-state index in [1.165, 1.54) is 27.6 Å². The lowest BCUT2D eigenvalue weighted by Gasteiger charge is -2.26. The molecule has 4 rings (SSSR count). The van der Waals surface area contributed by atoms with Gasteiger partial charge in [-0.15, -0.1) is 11.3 Å². The third-order valence-corrected chi connectivity index (χ3v) is 8.14. The first-order valence-corrected chi connectivity index (χ1v) is 12.7. The van der Waals surface area contributed by atoms with Gasteiger partial charge in [-0.25, -0.2) is 4.98 Å². The molecule has 174 valence electrons. The van der Waals surface area contributed by atoms with E-state index in [0.717, 1.165) is 18.7 Å². The second kappa shape index (κ2) is 10.0. The molecule has 0 spiro atoms. The molecule has 1 saturated heterocycles. The summed E-state index contributed by atoms with van der Waals surface area (Å²) in [6.45, 7) is 5.71. The van der Waals surface area contributed by atoms with Crippen LogP contribution < -0.4 is 16.0 Å². The molecule has 1 fully saturated rings. The van der Waals surface area contributed by atoms with Crippen molar-refractivity contribution in [1.29, 1.82) is 0 Å². The fourth-order valence-corrected chi connectivity index (χ4v) is 6.02. The van der Waals surface area contributed by atoms with E-state index in [1.807, 2.05) is 4.90 Å². The minimum absolute atomic E-state index is 0.122. The van der Waals surface area contributed by atoms with E-state index in [1.54, 1.807) is 19.2 Å². The Hall–Kier alpha value is -1.72. The Bertz CT molecular complexity index is 979. The standard InChI is InChI=1S/C21H28ClN5O3S2/c1-11(2)12-4-5-15-19(23-12)26-21(32-15)25-18(28)10-27-8-13(14(9-27)30-3)24-20(29)16-6-7-17(22)31-16/h6-7,11-14,23H,4-5,8-10H2,1-3H3,(H,24,29)(H,25,26,28)/t12?,13-,14-/m0/s1. The zero-order chi connectivity index (χ0) is 22.8. The Morgan fingerprint density at radius 3 is 2.84 bits per heavy atom. The van der Waals surface area contributed by atoms with Crippen molar-refractivity contribution in [3.63, 3.8) is 0 Å². The summed E-state index contributed by atoms with van der Waals surface area (Å²) in [7, 11) is 1.62. The first kappa shape index (κ1) is 23.4. The van der Waals surface area contributed by atoms with Crippen LogP contribution in [0.25, 0.3) is 0 Å². The van der Waals surface area contributed by atoms with Crippen LogP contribution in [0, 0.1) is 5.92 Å². The number of rotatable bonds is 7. The minimum Gasteiger partial charge on any atom is -0.378 e. The number of aromatic nitrogens is 1. The quantitative estimate of drug-likeness (QED) is 0.543. The molecule has 2 aromatic heterocycles. The van der Waals surface area contributed by atoms with Crippen molar-refractivity contribution >= 4 is 57.0 Å². The Morgan fingerprint density at radius 2 is 2.16 bits per heavy atom. The fourth-order valence-electron chi connectivity index (χ4n) is 4.12. The van der Waals surface area contributed by atoms with Gasteiger partial charge in [0.05, 0.1) is 32.8 Å². The highest BCUT2D eigenvalue weighted by Gasteiger charge is 2.35. The van der Waals surface area contributed by atoms with Gasteiger partial charge in [0.25, 0.3) is 5.91 Å². The van der Waals surface area contributed by atoms with Gasteiger partial charge in [0, 0.05) is 26.2 Å². The van der Waals surface area contributed by atoms with Gasteiger partial charge < -0.3 is 20.7 Å². The lowest BCUT2D eigenvalue weighted by atomic mass is 9.96. The average molecular weight is 498 g/mol. The van der Waals surface area contributed by atoms with Crippen molar-refractivity contribution in [2.24, 2.45) is 5.92 Å². The number of halogens is 1. The number of fused-ring (bicyclic) bond motifs is 1. The van der Waals surface area contributed by atoms with Crippen LogP contribution in [0.15, 0.2) is 12.1 Å². The molecule has 3 N–H and O–H groups in total. The van der Waals surface area contributed by atoms with E-state index in [2.05, 4.69) is 34.8 Å². The van der Waals surface area contributed by atoms with Gasteiger partial charge in [0.15, 0.2) is 5.13 Å². The number of thiophene rings is 1. The van der Waals surface area contributed by atoms with Crippen LogP contribution >= 0.6 is 34.3 Å². The Kier molecular flexibility index (Phi) is 7.36. The van der Waals surface area contributed by atoms with Gasteiger partial charge >= 0.3 is 0 Å². The number of amides is 2. The van der Waals surface area contributed by atoms with Crippen molar-refractivity contribution < 1.29 is 14.3 Å². The smallest absolute Gasteiger partial charge is 0.261 e. The molecule has 2 aliphatic rings. The largest absolute Gasteiger partial charge is 0.378 e. The molecule has 1 unspecified atom stereocenters. The zero-order valence-corrected chi connectivity index (χ0v) is 20.7. The average Bonchev–Trinajstić information content (AvgIpc) is 3.45. The second-order valence-electron chi connectivity index (χ2n) is 8.52. The number of nitrogens with zero attached hydrogens (tertiary/aromatic N) is 2. The molecular formula is C21H28ClN5O3S2. The van der Waals surface area contributed by atoms with Crippen LogP contribution in [0.2, 0.25) is 4.34 Å². The summed E-state index contributed by atoms with van der Waals surface area (Å²) in [4.78, 5) is 33.4. The van der Waals surface area contributed by atoms with Gasteiger partial charge in [0.2, 0.25) is 5.91 Å². The molecule has 11 heteroatoms. The predicted octanol–water partition coefficient (Wildman–Crippen LogP) is 3.31. The van der Waals surface area contributed by atoms with Gasteiger partial charge in [-0.3, -0.25) is 14.5 Å². The van der Waals surface area contributed by atoms with E-state index in [0.29, 0.717) is 39.4 Å². The number of carbonyl (C=O) groups is 2. The summed E-state index contributed by atoms with van der Waals surface area (Å²) in [5.74, 6) is 1.13. The molecule has 0 saturated carbocycles. The Morgan fingerprint density at radius 1 is 1.34 bits per heavy atom. The summed E-state index contributed by atoms with van der Waals surface area (Å²) >= 11 is 8.70. The number of likely N-dealkylation sites (tertiary alicyclic amines) is 1. The molecule has 4 heterocycles. The third-order valence-electron chi connectivity index (χ3n) is 5.88. The normalized spacial score (nSPS) is 23.1. The predicted molar refractivity (Wildman–Crippen MR) is 129 cm³/mol. The Balaban J connectivity index is 1.30. The number of anilines is 2. The third kappa shape index (κ3) is 5.43. The fraction of sp³-hybridized carbons (Fsp3) is 0.571. The highest BCUT2D eigenvalue weighted by Crippen LogP contribution is 2.34. The van der Waals surface area contributed by atoms with Crippen LogP contribution in [-0.2, 0) is 16.0 Å². The molecular weight excluding hydrogens is 470 g/mol. The van der Waals surface area contributed by atoms with Crippen LogP contribution in [-0.4, -0.2) is 66.6 Å². The van der Waals surface area contributed by atoms with Crippen LogP contribution in [0.3, 0.4) is 0 Å². The summed E-state index contributed by atoms with van der Waals surface area (Å²) in [5, 5.41) is 10.1. The SMILES string of the molecule is CO[C@H]1CN(CC(=O)Nc2nc3c(s2)CCC(C(C)C)N3)C[C@@H]1NC(=O)c1ccc(Cl)s1. The van der Waals surface area contributed by atoms with Crippen LogP contribution in [0.4, 0.5) is 10.9 Å². The summed E-state index contributed by atoms with van der Waals surface area (Å²) in [5.41, 5.74) is 0. The van der Waals surface area contributed by atoms with Gasteiger partial charge in [-0.1, -0.05) is 36.8 Å². The number of aryl methyl sites for hydroxylation is 1. The molecule has 0 aromatic carbocycles. The highest BCUT2D eigenvalue weighted by molar-refractivity contribution is 7.18. The van der Waals surface area contributed by atoms with Crippen molar-refractivity contribution in [1.82, 2.24) is 15.2 Å². The number of ether oxygens (including phenoxy) is 1. The summed E-state index contributed by atoms with van der Waals surface area (Å²) < 4.78 is 6.12.